The lowest BCUT2D eigenvalue weighted by atomic mass is 10.2. The summed E-state index contributed by atoms with van der Waals surface area (Å²) in [6.45, 7) is 2.12. The Morgan fingerprint density at radius 1 is 1.23 bits per heavy atom. The van der Waals surface area contributed by atoms with Crippen molar-refractivity contribution >= 4 is 24.5 Å². The van der Waals surface area contributed by atoms with Gasteiger partial charge in [0.05, 0.1) is 33.8 Å². The molecule has 2 heterocycles. The number of rotatable bonds is 10. The Hall–Kier alpha value is -2.75. The summed E-state index contributed by atoms with van der Waals surface area (Å²) in [5.74, 6) is -0.00472. The molecule has 30 heavy (non-hydrogen) atoms. The first kappa shape index (κ1) is 21.9. The molecule has 1 aromatic carbocycles. The fourth-order valence-electron chi connectivity index (χ4n) is 2.68. The van der Waals surface area contributed by atoms with E-state index < -0.39 is 13.2 Å². The normalized spacial score (nSPS) is 13.3. The van der Waals surface area contributed by atoms with Crippen molar-refractivity contribution in [3.8, 4) is 11.6 Å². The smallest absolute Gasteiger partial charge is 0.246 e. The third-order valence-electron chi connectivity index (χ3n) is 4.17. The zero-order valence-electron chi connectivity index (χ0n) is 16.9. The highest BCUT2D eigenvalue weighted by molar-refractivity contribution is 7.57. The Balaban J connectivity index is 1.51. The fraction of sp³-hybridized carbons (Fsp3) is 0.389. The lowest BCUT2D eigenvalue weighted by Crippen LogP contribution is -2.08. The predicted molar refractivity (Wildman–Crippen MR) is 108 cm³/mol. The number of halogens is 1. The molecular formula is C18H23FN5O5P. The van der Waals surface area contributed by atoms with Gasteiger partial charge in [0.1, 0.15) is 6.35 Å². The Morgan fingerprint density at radius 2 is 2.03 bits per heavy atom. The number of nitrogens with zero attached hydrogens (tertiary/aromatic N) is 4. The van der Waals surface area contributed by atoms with Gasteiger partial charge >= 0.3 is 0 Å². The summed E-state index contributed by atoms with van der Waals surface area (Å²) in [5, 5.41) is 0. The van der Waals surface area contributed by atoms with E-state index in [0.29, 0.717) is 29.2 Å². The number of fused-ring (bicyclic) bond motifs is 1. The molecule has 0 aliphatic carbocycles. The van der Waals surface area contributed by atoms with Crippen molar-refractivity contribution in [3.05, 3.63) is 35.9 Å². The van der Waals surface area contributed by atoms with Gasteiger partial charge in [0.15, 0.2) is 22.7 Å². The van der Waals surface area contributed by atoms with Crippen LogP contribution >= 0.6 is 7.37 Å². The van der Waals surface area contributed by atoms with Crippen LogP contribution in [-0.2, 0) is 27.0 Å². The molecule has 0 radical (unpaired) electrons. The lowest BCUT2D eigenvalue weighted by Gasteiger charge is -2.15. The van der Waals surface area contributed by atoms with Crippen molar-refractivity contribution in [2.24, 2.45) is 0 Å². The lowest BCUT2D eigenvalue weighted by molar-refractivity contribution is 0.153. The van der Waals surface area contributed by atoms with Gasteiger partial charge in [-0.15, -0.1) is 0 Å². The number of nitrogen functional groups attached to an aromatic ring is 1. The molecule has 1 unspecified atom stereocenters. The van der Waals surface area contributed by atoms with E-state index in [0.717, 1.165) is 0 Å². The van der Waals surface area contributed by atoms with E-state index >= 15 is 0 Å². The monoisotopic (exact) mass is 439 g/mol. The highest BCUT2D eigenvalue weighted by Gasteiger charge is 2.18. The standard InChI is InChI=1S/C18H23FN5O5P/c1-26-14-5-4-12(8-13(14)19)9-29-30(3,25)11-28-7-6-24-10-21-15-16(24)22-18(20)23-17(15)27-2/h4-5,8,10H,6-7,9,11H2,1-3H3,(H2,20,22,23). The third-order valence-corrected chi connectivity index (χ3v) is 5.49. The number of hydrogen-bond acceptors (Lipinski definition) is 9. The maximum absolute atomic E-state index is 13.7. The summed E-state index contributed by atoms with van der Waals surface area (Å²) in [6, 6.07) is 4.42. The molecule has 1 atom stereocenters. The van der Waals surface area contributed by atoms with Crippen LogP contribution in [0.25, 0.3) is 11.2 Å². The van der Waals surface area contributed by atoms with Gasteiger partial charge in [-0.3, -0.25) is 4.57 Å². The summed E-state index contributed by atoms with van der Waals surface area (Å²) >= 11 is 0. The second-order valence-corrected chi connectivity index (χ2v) is 9.04. The number of nitrogens with two attached hydrogens (primary N) is 1. The topological polar surface area (TPSA) is 124 Å². The zero-order valence-corrected chi connectivity index (χ0v) is 17.8. The minimum absolute atomic E-state index is 0.000200. The first-order chi connectivity index (χ1) is 14.3. The number of hydrogen-bond donors (Lipinski definition) is 1. The highest BCUT2D eigenvalue weighted by Crippen LogP contribution is 2.43. The molecule has 0 amide bonds. The molecule has 0 spiro atoms. The molecule has 10 nitrogen and oxygen atoms in total. The van der Waals surface area contributed by atoms with Gasteiger partial charge in [-0.25, -0.2) is 9.37 Å². The van der Waals surface area contributed by atoms with Crippen LogP contribution in [0, 0.1) is 5.82 Å². The molecule has 3 rings (SSSR count). The quantitative estimate of drug-likeness (QED) is 0.375. The van der Waals surface area contributed by atoms with Crippen LogP contribution in [0.3, 0.4) is 0 Å². The number of imidazole rings is 1. The van der Waals surface area contributed by atoms with Gasteiger partial charge < -0.3 is 29.0 Å². The molecule has 0 aliphatic rings. The Labute approximate surface area is 172 Å². The molecule has 12 heteroatoms. The van der Waals surface area contributed by atoms with E-state index in [1.54, 1.807) is 17.0 Å². The summed E-state index contributed by atoms with van der Waals surface area (Å²) in [6.07, 6.45) is 1.49. The molecule has 0 fully saturated rings. The molecule has 0 saturated carbocycles. The molecule has 3 aromatic rings. The Bertz CT molecular complexity index is 1080. The Morgan fingerprint density at radius 3 is 2.73 bits per heavy atom. The van der Waals surface area contributed by atoms with E-state index in [9.17, 15) is 8.96 Å². The first-order valence-electron chi connectivity index (χ1n) is 8.96. The highest BCUT2D eigenvalue weighted by atomic mass is 31.2. The van der Waals surface area contributed by atoms with Crippen molar-refractivity contribution in [2.75, 3.05) is 39.6 Å². The number of methoxy groups -OCH3 is 2. The average Bonchev–Trinajstić information content (AvgIpc) is 3.12. The van der Waals surface area contributed by atoms with Crippen molar-refractivity contribution in [1.82, 2.24) is 19.5 Å². The molecule has 0 saturated heterocycles. The number of benzene rings is 1. The van der Waals surface area contributed by atoms with Gasteiger partial charge in [-0.1, -0.05) is 6.07 Å². The van der Waals surface area contributed by atoms with Crippen LogP contribution in [0.1, 0.15) is 5.56 Å². The van der Waals surface area contributed by atoms with Crippen LogP contribution in [-0.4, -0.2) is 53.4 Å². The minimum atomic E-state index is -3.03. The van der Waals surface area contributed by atoms with Crippen LogP contribution in [0.2, 0.25) is 0 Å². The van der Waals surface area contributed by atoms with Gasteiger partial charge in [-0.2, -0.15) is 9.97 Å². The van der Waals surface area contributed by atoms with Crippen molar-refractivity contribution in [2.45, 2.75) is 13.2 Å². The second kappa shape index (κ2) is 9.38. The summed E-state index contributed by atoms with van der Waals surface area (Å²) in [5.41, 5.74) is 7.24. The summed E-state index contributed by atoms with van der Waals surface area (Å²) in [4.78, 5) is 12.4. The molecule has 0 aliphatic heterocycles. The van der Waals surface area contributed by atoms with Crippen LogP contribution < -0.4 is 15.2 Å². The van der Waals surface area contributed by atoms with Gasteiger partial charge in [-0.05, 0) is 17.7 Å². The van der Waals surface area contributed by atoms with Crippen LogP contribution in [0.4, 0.5) is 10.3 Å². The first-order valence-corrected chi connectivity index (χ1v) is 11.2. The van der Waals surface area contributed by atoms with Gasteiger partial charge in [0.2, 0.25) is 19.2 Å². The largest absolute Gasteiger partial charge is 0.494 e. The SMILES string of the molecule is COc1ccc(COP(C)(=O)COCCn2cnc3c(OC)nc(N)nc32)cc1F. The summed E-state index contributed by atoms with van der Waals surface area (Å²) < 4.78 is 49.0. The van der Waals surface area contributed by atoms with Crippen LogP contribution in [0.15, 0.2) is 24.5 Å². The van der Waals surface area contributed by atoms with E-state index in [1.165, 1.54) is 33.0 Å². The Kier molecular flexibility index (Phi) is 6.86. The van der Waals surface area contributed by atoms with E-state index in [-0.39, 0.29) is 31.3 Å². The average molecular weight is 439 g/mol. The molecule has 162 valence electrons. The van der Waals surface area contributed by atoms with Crippen LogP contribution in [0.5, 0.6) is 11.6 Å². The third kappa shape index (κ3) is 5.24. The zero-order chi connectivity index (χ0) is 21.7. The number of ether oxygens (including phenoxy) is 3. The van der Waals surface area contributed by atoms with Crippen molar-refractivity contribution in [3.63, 3.8) is 0 Å². The number of anilines is 1. The molecule has 2 N–H and O–H groups in total. The maximum Gasteiger partial charge on any atom is 0.246 e. The second-order valence-electron chi connectivity index (χ2n) is 6.50. The maximum atomic E-state index is 13.7. The fourth-order valence-corrected chi connectivity index (χ4v) is 3.64. The van der Waals surface area contributed by atoms with Crippen molar-refractivity contribution < 1.29 is 27.7 Å². The molecule has 2 aromatic heterocycles. The summed E-state index contributed by atoms with van der Waals surface area (Å²) in [7, 11) is -0.173. The van der Waals surface area contributed by atoms with E-state index in [1.807, 2.05) is 0 Å². The predicted octanol–water partition coefficient (Wildman–Crippen LogP) is 2.66. The molecular weight excluding hydrogens is 416 g/mol. The van der Waals surface area contributed by atoms with Gasteiger partial charge in [0.25, 0.3) is 0 Å². The van der Waals surface area contributed by atoms with Crippen molar-refractivity contribution in [1.29, 1.82) is 0 Å². The minimum Gasteiger partial charge on any atom is -0.494 e. The molecule has 0 bridgehead atoms. The number of aromatic nitrogens is 4. The van der Waals surface area contributed by atoms with E-state index in [2.05, 4.69) is 15.0 Å². The van der Waals surface area contributed by atoms with Gasteiger partial charge in [0, 0.05) is 13.2 Å². The van der Waals surface area contributed by atoms with E-state index in [4.69, 9.17) is 24.5 Å².